The van der Waals surface area contributed by atoms with E-state index < -0.39 is 0 Å². The van der Waals surface area contributed by atoms with Gasteiger partial charge in [0.25, 0.3) is 0 Å². The molecule has 0 aromatic carbocycles. The molecule has 5 rings (SSSR count). The van der Waals surface area contributed by atoms with Gasteiger partial charge in [0, 0.05) is 25.9 Å². The summed E-state index contributed by atoms with van der Waals surface area (Å²) in [6, 6.07) is -0.343. The SMILES string of the molecule is CC(=O)N1CC=C(C2=C(C(C)n3nc(C)c4c(N)ncnc43)OC(=O)C3CCCCC23)CC1. The van der Waals surface area contributed by atoms with Gasteiger partial charge in [-0.05, 0) is 44.3 Å². The van der Waals surface area contributed by atoms with Crippen LogP contribution in [0.4, 0.5) is 5.82 Å². The van der Waals surface area contributed by atoms with Crippen molar-refractivity contribution < 1.29 is 14.3 Å². The fourth-order valence-electron chi connectivity index (χ4n) is 5.64. The highest BCUT2D eigenvalue weighted by molar-refractivity contribution is 5.88. The van der Waals surface area contributed by atoms with Crippen LogP contribution in [0.15, 0.2) is 29.3 Å². The van der Waals surface area contributed by atoms with Gasteiger partial charge in [0.15, 0.2) is 5.65 Å². The predicted molar refractivity (Wildman–Crippen MR) is 123 cm³/mol. The second-order valence-corrected chi connectivity index (χ2v) is 9.30. The average Bonchev–Trinajstić information content (AvgIpc) is 3.16. The van der Waals surface area contributed by atoms with Gasteiger partial charge in [-0.1, -0.05) is 18.9 Å². The van der Waals surface area contributed by atoms with E-state index in [2.05, 4.69) is 16.0 Å². The summed E-state index contributed by atoms with van der Waals surface area (Å²) in [6.07, 6.45) is 8.28. The van der Waals surface area contributed by atoms with Crippen LogP contribution >= 0.6 is 0 Å². The molecule has 33 heavy (non-hydrogen) atoms. The number of nitrogen functional groups attached to an aromatic ring is 1. The molecule has 3 unspecified atom stereocenters. The standard InChI is InChI=1S/C24H30N6O3/c1-13-19-22(25)26-12-27-23(19)30(28-13)14(2)21-20(16-8-10-29(11-9-16)15(3)31)17-6-4-5-7-18(17)24(32)33-21/h8,12,14,17-18H,4-7,9-11H2,1-3H3,(H2,25,26,27). The number of anilines is 1. The van der Waals surface area contributed by atoms with Crippen molar-refractivity contribution in [2.75, 3.05) is 18.8 Å². The summed E-state index contributed by atoms with van der Waals surface area (Å²) in [7, 11) is 0. The average molecular weight is 451 g/mol. The molecule has 0 saturated heterocycles. The van der Waals surface area contributed by atoms with Gasteiger partial charge in [-0.3, -0.25) is 9.59 Å². The van der Waals surface area contributed by atoms with Crippen molar-refractivity contribution in [3.8, 4) is 0 Å². The summed E-state index contributed by atoms with van der Waals surface area (Å²) in [6.45, 7) is 6.72. The third kappa shape index (κ3) is 3.59. The number of cyclic esters (lactones) is 1. The van der Waals surface area contributed by atoms with Gasteiger partial charge in [0.05, 0.1) is 17.0 Å². The third-order valence-electron chi connectivity index (χ3n) is 7.36. The molecule has 174 valence electrons. The number of aromatic nitrogens is 4. The van der Waals surface area contributed by atoms with Crippen LogP contribution in [0, 0.1) is 18.8 Å². The highest BCUT2D eigenvalue weighted by atomic mass is 16.5. The van der Waals surface area contributed by atoms with Crippen LogP contribution in [0.2, 0.25) is 0 Å². The zero-order valence-electron chi connectivity index (χ0n) is 19.4. The molecular weight excluding hydrogens is 420 g/mol. The number of amides is 1. The Morgan fingerprint density at radius 3 is 2.70 bits per heavy atom. The van der Waals surface area contributed by atoms with Gasteiger partial charge in [-0.25, -0.2) is 14.6 Å². The van der Waals surface area contributed by atoms with E-state index in [-0.39, 0.29) is 29.8 Å². The van der Waals surface area contributed by atoms with E-state index in [9.17, 15) is 9.59 Å². The lowest BCUT2D eigenvalue weighted by molar-refractivity contribution is -0.150. The van der Waals surface area contributed by atoms with E-state index in [0.29, 0.717) is 30.3 Å². The molecule has 9 nitrogen and oxygen atoms in total. The van der Waals surface area contributed by atoms with E-state index in [1.54, 1.807) is 11.6 Å². The maximum absolute atomic E-state index is 13.1. The highest BCUT2D eigenvalue weighted by Gasteiger charge is 2.43. The van der Waals surface area contributed by atoms with Crippen molar-refractivity contribution in [2.24, 2.45) is 11.8 Å². The molecule has 1 fully saturated rings. The van der Waals surface area contributed by atoms with Gasteiger partial charge in [0.2, 0.25) is 5.91 Å². The molecule has 3 atom stereocenters. The summed E-state index contributed by atoms with van der Waals surface area (Å²) < 4.78 is 7.88. The Balaban J connectivity index is 1.64. The van der Waals surface area contributed by atoms with E-state index in [0.717, 1.165) is 48.8 Å². The summed E-state index contributed by atoms with van der Waals surface area (Å²) >= 11 is 0. The van der Waals surface area contributed by atoms with Crippen LogP contribution < -0.4 is 5.73 Å². The Labute approximate surface area is 192 Å². The van der Waals surface area contributed by atoms with Crippen LogP contribution in [0.1, 0.15) is 57.7 Å². The lowest BCUT2D eigenvalue weighted by atomic mass is 9.70. The smallest absolute Gasteiger partial charge is 0.314 e. The topological polar surface area (TPSA) is 116 Å². The molecule has 1 aliphatic carbocycles. The lowest BCUT2D eigenvalue weighted by Crippen LogP contribution is -2.39. The Kier molecular flexibility index (Phi) is 5.42. The minimum absolute atomic E-state index is 0.0780. The number of rotatable bonds is 3. The second-order valence-electron chi connectivity index (χ2n) is 9.30. The fraction of sp³-hybridized carbons (Fsp3) is 0.542. The number of hydrogen-bond donors (Lipinski definition) is 1. The van der Waals surface area contributed by atoms with Gasteiger partial charge in [-0.15, -0.1) is 0 Å². The Morgan fingerprint density at radius 1 is 1.24 bits per heavy atom. The number of allylic oxidation sites excluding steroid dienone is 2. The molecule has 0 spiro atoms. The molecule has 2 aromatic heterocycles. The van der Waals surface area contributed by atoms with Crippen LogP contribution in [-0.4, -0.2) is 49.6 Å². The molecular formula is C24H30N6O3. The van der Waals surface area contributed by atoms with E-state index in [1.165, 1.54) is 11.9 Å². The second kappa shape index (κ2) is 8.28. The van der Waals surface area contributed by atoms with E-state index in [1.807, 2.05) is 18.7 Å². The molecule has 3 aliphatic rings. The Morgan fingerprint density at radius 2 is 2.00 bits per heavy atom. The first-order valence-electron chi connectivity index (χ1n) is 11.7. The van der Waals surface area contributed by atoms with Crippen LogP contribution in [0.5, 0.6) is 0 Å². The molecule has 2 aromatic rings. The molecule has 0 radical (unpaired) electrons. The number of nitrogens with two attached hydrogens (primary N) is 1. The quantitative estimate of drug-likeness (QED) is 0.714. The predicted octanol–water partition coefficient (Wildman–Crippen LogP) is 3.07. The first-order chi connectivity index (χ1) is 15.9. The first kappa shape index (κ1) is 21.6. The zero-order chi connectivity index (χ0) is 23.3. The number of carbonyl (C=O) groups is 2. The van der Waals surface area contributed by atoms with Crippen molar-refractivity contribution >= 4 is 28.7 Å². The number of ether oxygens (including phenoxy) is 1. The van der Waals surface area contributed by atoms with Crippen molar-refractivity contribution in [1.82, 2.24) is 24.6 Å². The number of hydrogen-bond acceptors (Lipinski definition) is 7. The van der Waals surface area contributed by atoms with E-state index in [4.69, 9.17) is 15.6 Å². The van der Waals surface area contributed by atoms with Crippen molar-refractivity contribution in [3.63, 3.8) is 0 Å². The number of esters is 1. The molecule has 4 heterocycles. The van der Waals surface area contributed by atoms with Crippen LogP contribution in [0.25, 0.3) is 11.0 Å². The van der Waals surface area contributed by atoms with Gasteiger partial charge in [-0.2, -0.15) is 5.10 Å². The maximum atomic E-state index is 13.1. The first-order valence-corrected chi connectivity index (χ1v) is 11.7. The van der Waals surface area contributed by atoms with Crippen molar-refractivity contribution in [3.05, 3.63) is 35.0 Å². The maximum Gasteiger partial charge on any atom is 0.314 e. The summed E-state index contributed by atoms with van der Waals surface area (Å²) in [4.78, 5) is 35.3. The fourth-order valence-corrected chi connectivity index (χ4v) is 5.64. The Bertz CT molecular complexity index is 1200. The van der Waals surface area contributed by atoms with Crippen molar-refractivity contribution in [1.29, 1.82) is 0 Å². The van der Waals surface area contributed by atoms with Gasteiger partial charge >= 0.3 is 5.97 Å². The van der Waals surface area contributed by atoms with Gasteiger partial charge in [0.1, 0.15) is 23.9 Å². The molecule has 2 N–H and O–H groups in total. The molecule has 1 saturated carbocycles. The van der Waals surface area contributed by atoms with E-state index >= 15 is 0 Å². The number of nitrogens with zero attached hydrogens (tertiary/aromatic N) is 5. The largest absolute Gasteiger partial charge is 0.428 e. The number of carbonyl (C=O) groups excluding carboxylic acids is 2. The molecule has 1 amide bonds. The zero-order valence-corrected chi connectivity index (χ0v) is 19.4. The number of aryl methyl sites for hydroxylation is 1. The minimum atomic E-state index is -0.343. The van der Waals surface area contributed by atoms with Crippen molar-refractivity contribution in [2.45, 2.75) is 58.9 Å². The van der Waals surface area contributed by atoms with Crippen LogP contribution in [-0.2, 0) is 14.3 Å². The van der Waals surface area contributed by atoms with Gasteiger partial charge < -0.3 is 15.4 Å². The normalized spacial score (nSPS) is 24.4. The highest BCUT2D eigenvalue weighted by Crippen LogP contribution is 2.47. The summed E-state index contributed by atoms with van der Waals surface area (Å²) in [5, 5.41) is 5.43. The lowest BCUT2D eigenvalue weighted by Gasteiger charge is -2.40. The van der Waals surface area contributed by atoms with Crippen LogP contribution in [0.3, 0.4) is 0 Å². The molecule has 9 heteroatoms. The Hall–Kier alpha value is -3.23. The summed E-state index contributed by atoms with van der Waals surface area (Å²) in [5.74, 6) is 0.994. The third-order valence-corrected chi connectivity index (χ3v) is 7.36. The summed E-state index contributed by atoms with van der Waals surface area (Å²) in [5.41, 5.74) is 9.77. The number of fused-ring (bicyclic) bond motifs is 2. The minimum Gasteiger partial charge on any atom is -0.428 e. The molecule has 2 aliphatic heterocycles. The monoisotopic (exact) mass is 450 g/mol. The molecule has 0 bridgehead atoms.